The minimum atomic E-state index is -0.551. The van der Waals surface area contributed by atoms with Gasteiger partial charge in [-0.05, 0) is 49.1 Å². The van der Waals surface area contributed by atoms with Crippen molar-refractivity contribution in [2.24, 2.45) is 11.8 Å². The van der Waals surface area contributed by atoms with Gasteiger partial charge in [0.25, 0.3) is 11.8 Å². The number of amides is 4. The van der Waals surface area contributed by atoms with E-state index in [0.29, 0.717) is 28.1 Å². The van der Waals surface area contributed by atoms with Gasteiger partial charge in [-0.2, -0.15) is 0 Å². The van der Waals surface area contributed by atoms with E-state index >= 15 is 0 Å². The number of para-hydroxylation sites is 2. The predicted octanol–water partition coefficient (Wildman–Crippen LogP) is 3.40. The molecule has 0 bridgehead atoms. The van der Waals surface area contributed by atoms with E-state index in [1.165, 1.54) is 9.80 Å². The van der Waals surface area contributed by atoms with Crippen molar-refractivity contribution in [2.45, 2.75) is 19.8 Å². The van der Waals surface area contributed by atoms with Gasteiger partial charge in [0.05, 0.1) is 22.9 Å². The number of carbonyl (C=O) groups is 4. The van der Waals surface area contributed by atoms with E-state index in [1.807, 2.05) is 18.2 Å². The standard InChI is InChI=1S/C25H20N2O4/c1-15-12-16(19-14-21(28)26(23(19)29)17-8-4-2-5-9-17)13-20-22(15)25(31)27(24(20)30)18-10-6-3-7-11-18/h2-12,16,19H,13-14H2,1H3/t16-,19+/m1/s1. The average molecular weight is 412 g/mol. The Kier molecular flexibility index (Phi) is 4.43. The largest absolute Gasteiger partial charge is 0.274 e. The number of hydrogen-bond donors (Lipinski definition) is 0. The monoisotopic (exact) mass is 412 g/mol. The van der Waals surface area contributed by atoms with Crippen molar-refractivity contribution in [2.75, 3.05) is 9.80 Å². The second kappa shape index (κ2) is 7.16. The van der Waals surface area contributed by atoms with Gasteiger partial charge in [-0.15, -0.1) is 0 Å². The molecule has 0 N–H and O–H groups in total. The summed E-state index contributed by atoms with van der Waals surface area (Å²) in [6.45, 7) is 1.79. The summed E-state index contributed by atoms with van der Waals surface area (Å²) in [6.07, 6.45) is 2.24. The number of imide groups is 2. The summed E-state index contributed by atoms with van der Waals surface area (Å²) in [5.41, 5.74) is 2.61. The lowest BCUT2D eigenvalue weighted by Crippen LogP contribution is -2.33. The molecule has 2 heterocycles. The fourth-order valence-electron chi connectivity index (χ4n) is 4.78. The van der Waals surface area contributed by atoms with Crippen LogP contribution in [0.5, 0.6) is 0 Å². The molecule has 2 atom stereocenters. The van der Waals surface area contributed by atoms with Crippen molar-refractivity contribution < 1.29 is 19.2 Å². The number of allylic oxidation sites excluding steroid dienone is 1. The van der Waals surface area contributed by atoms with Gasteiger partial charge >= 0.3 is 0 Å². The van der Waals surface area contributed by atoms with Gasteiger partial charge in [0, 0.05) is 12.0 Å². The summed E-state index contributed by atoms with van der Waals surface area (Å²) in [6, 6.07) is 17.7. The fraction of sp³-hybridized carbons (Fsp3) is 0.200. The third-order valence-corrected chi connectivity index (χ3v) is 6.21. The number of anilines is 2. The average Bonchev–Trinajstić information content (AvgIpc) is 3.21. The number of hydrogen-bond acceptors (Lipinski definition) is 4. The first-order chi connectivity index (χ1) is 15.0. The van der Waals surface area contributed by atoms with Crippen LogP contribution >= 0.6 is 0 Å². The smallest absolute Gasteiger partial charge is 0.266 e. The highest BCUT2D eigenvalue weighted by atomic mass is 16.2. The van der Waals surface area contributed by atoms with Crippen LogP contribution in [0.2, 0.25) is 0 Å². The van der Waals surface area contributed by atoms with E-state index in [-0.39, 0.29) is 42.4 Å². The Morgan fingerprint density at radius 1 is 0.742 bits per heavy atom. The first kappa shape index (κ1) is 19.2. The van der Waals surface area contributed by atoms with E-state index < -0.39 is 5.92 Å². The zero-order valence-corrected chi connectivity index (χ0v) is 16.9. The first-order valence-corrected chi connectivity index (χ1v) is 10.2. The van der Waals surface area contributed by atoms with E-state index in [0.717, 1.165) is 0 Å². The molecule has 31 heavy (non-hydrogen) atoms. The number of benzene rings is 2. The maximum absolute atomic E-state index is 13.1. The quantitative estimate of drug-likeness (QED) is 0.724. The van der Waals surface area contributed by atoms with Crippen molar-refractivity contribution in [3.63, 3.8) is 0 Å². The molecule has 5 rings (SSSR count). The topological polar surface area (TPSA) is 74.8 Å². The lowest BCUT2D eigenvalue weighted by Gasteiger charge is -2.24. The first-order valence-electron chi connectivity index (χ1n) is 10.2. The van der Waals surface area contributed by atoms with Crippen LogP contribution in [0.1, 0.15) is 19.8 Å². The van der Waals surface area contributed by atoms with Gasteiger partial charge in [0.1, 0.15) is 0 Å². The molecular weight excluding hydrogens is 392 g/mol. The lowest BCUT2D eigenvalue weighted by atomic mass is 9.78. The van der Waals surface area contributed by atoms with Crippen molar-refractivity contribution in [1.29, 1.82) is 0 Å². The molecule has 0 aromatic heterocycles. The SMILES string of the molecule is CC1=C[C@@H]([C@@H]2CC(=O)N(c3ccccc3)C2=O)CC2=C1C(=O)N(c1ccccc1)C2=O. The predicted molar refractivity (Wildman–Crippen MR) is 115 cm³/mol. The van der Waals surface area contributed by atoms with Gasteiger partial charge in [-0.25, -0.2) is 4.90 Å². The van der Waals surface area contributed by atoms with Gasteiger partial charge in [0.2, 0.25) is 11.8 Å². The highest BCUT2D eigenvalue weighted by Crippen LogP contribution is 2.43. The highest BCUT2D eigenvalue weighted by molar-refractivity contribution is 6.34. The summed E-state index contributed by atoms with van der Waals surface area (Å²) >= 11 is 0. The second-order valence-corrected chi connectivity index (χ2v) is 8.07. The molecule has 154 valence electrons. The zero-order chi connectivity index (χ0) is 21.7. The van der Waals surface area contributed by atoms with Crippen LogP contribution in [0.3, 0.4) is 0 Å². The second-order valence-electron chi connectivity index (χ2n) is 8.07. The van der Waals surface area contributed by atoms with Gasteiger partial charge in [0.15, 0.2) is 0 Å². The Hall–Kier alpha value is -3.80. The molecular formula is C25H20N2O4. The minimum absolute atomic E-state index is 0.0926. The van der Waals surface area contributed by atoms with Gasteiger partial charge in [-0.3, -0.25) is 24.1 Å². The van der Waals surface area contributed by atoms with E-state index in [9.17, 15) is 19.2 Å². The van der Waals surface area contributed by atoms with E-state index in [4.69, 9.17) is 0 Å². The molecule has 6 heteroatoms. The van der Waals surface area contributed by atoms with Crippen molar-refractivity contribution >= 4 is 35.0 Å². The molecule has 1 saturated heterocycles. The molecule has 0 saturated carbocycles. The summed E-state index contributed by atoms with van der Waals surface area (Å²) in [5.74, 6) is -2.04. The molecule has 6 nitrogen and oxygen atoms in total. The molecule has 0 unspecified atom stereocenters. The molecule has 0 radical (unpaired) electrons. The minimum Gasteiger partial charge on any atom is -0.274 e. The van der Waals surface area contributed by atoms with Crippen LogP contribution in [0.25, 0.3) is 0 Å². The van der Waals surface area contributed by atoms with Crippen LogP contribution in [0.15, 0.2) is 83.5 Å². The highest BCUT2D eigenvalue weighted by Gasteiger charge is 2.48. The number of rotatable bonds is 3. The third kappa shape index (κ3) is 2.94. The zero-order valence-electron chi connectivity index (χ0n) is 16.9. The Labute approximate surface area is 179 Å². The maximum Gasteiger partial charge on any atom is 0.266 e. The molecule has 2 aromatic rings. The molecule has 3 aliphatic rings. The van der Waals surface area contributed by atoms with Crippen molar-refractivity contribution in [3.8, 4) is 0 Å². The summed E-state index contributed by atoms with van der Waals surface area (Å²) in [7, 11) is 0. The third-order valence-electron chi connectivity index (χ3n) is 6.21. The van der Waals surface area contributed by atoms with Crippen LogP contribution < -0.4 is 9.80 Å². The van der Waals surface area contributed by atoms with Crippen molar-refractivity contribution in [1.82, 2.24) is 0 Å². The van der Waals surface area contributed by atoms with Crippen LogP contribution in [-0.4, -0.2) is 23.6 Å². The van der Waals surface area contributed by atoms with Crippen molar-refractivity contribution in [3.05, 3.63) is 83.5 Å². The Balaban J connectivity index is 1.43. The normalized spacial score (nSPS) is 23.6. The molecule has 0 spiro atoms. The van der Waals surface area contributed by atoms with Crippen LogP contribution in [0.4, 0.5) is 11.4 Å². The van der Waals surface area contributed by atoms with Crippen LogP contribution in [-0.2, 0) is 19.2 Å². The Morgan fingerprint density at radius 3 is 1.94 bits per heavy atom. The summed E-state index contributed by atoms with van der Waals surface area (Å²) in [4.78, 5) is 54.4. The summed E-state index contributed by atoms with van der Waals surface area (Å²) < 4.78 is 0. The maximum atomic E-state index is 13.1. The van der Waals surface area contributed by atoms with Gasteiger partial charge < -0.3 is 0 Å². The Morgan fingerprint density at radius 2 is 1.32 bits per heavy atom. The molecule has 2 aliphatic heterocycles. The molecule has 2 aromatic carbocycles. The molecule has 1 aliphatic carbocycles. The van der Waals surface area contributed by atoms with Crippen LogP contribution in [0, 0.1) is 11.8 Å². The molecule has 1 fully saturated rings. The lowest BCUT2D eigenvalue weighted by molar-refractivity contribution is -0.123. The van der Waals surface area contributed by atoms with E-state index in [2.05, 4.69) is 0 Å². The van der Waals surface area contributed by atoms with Gasteiger partial charge in [-0.1, -0.05) is 42.5 Å². The summed E-state index contributed by atoms with van der Waals surface area (Å²) in [5, 5.41) is 0. The number of carbonyl (C=O) groups excluding carboxylic acids is 4. The Bertz CT molecular complexity index is 1180. The number of nitrogens with zero attached hydrogens (tertiary/aromatic N) is 2. The fourth-order valence-corrected chi connectivity index (χ4v) is 4.78. The molecule has 4 amide bonds. The van der Waals surface area contributed by atoms with E-state index in [1.54, 1.807) is 55.5 Å².